The van der Waals surface area contributed by atoms with Gasteiger partial charge in [-0.1, -0.05) is 12.2 Å². The number of hydrogen-bond acceptors (Lipinski definition) is 3. The molecule has 1 rings (SSSR count). The number of allylic oxidation sites excluding steroid dienone is 1. The Balaban J connectivity index is 2.59. The lowest BCUT2D eigenvalue weighted by Crippen LogP contribution is -2.46. The van der Waals surface area contributed by atoms with Crippen molar-refractivity contribution in [3.63, 3.8) is 0 Å². The van der Waals surface area contributed by atoms with Crippen LogP contribution in [0.5, 0.6) is 0 Å². The third-order valence-electron chi connectivity index (χ3n) is 2.74. The molecule has 1 saturated heterocycles. The highest BCUT2D eigenvalue weighted by atomic mass is 16.5. The van der Waals surface area contributed by atoms with Crippen LogP contribution in [0, 0.1) is 0 Å². The summed E-state index contributed by atoms with van der Waals surface area (Å²) in [6, 6.07) is -0.101. The van der Waals surface area contributed by atoms with E-state index in [1.54, 1.807) is 11.0 Å². The molecule has 1 N–H and O–H groups in total. The van der Waals surface area contributed by atoms with E-state index in [4.69, 9.17) is 9.84 Å². The van der Waals surface area contributed by atoms with Gasteiger partial charge in [0, 0.05) is 13.3 Å². The summed E-state index contributed by atoms with van der Waals surface area (Å²) in [5, 5.41) is 8.51. The molecule has 0 aliphatic carbocycles. The van der Waals surface area contributed by atoms with E-state index in [0.29, 0.717) is 13.0 Å². The zero-order chi connectivity index (χ0) is 13.1. The molecular formula is C12H19NO4. The number of ether oxygens (including phenoxy) is 1. The fourth-order valence-corrected chi connectivity index (χ4v) is 2.05. The number of carbonyl (C=O) groups excluding carboxylic acids is 1. The first-order valence-corrected chi connectivity index (χ1v) is 5.67. The maximum atomic E-state index is 11.5. The molecule has 17 heavy (non-hydrogen) atoms. The molecule has 5 heteroatoms. The minimum atomic E-state index is -0.818. The third-order valence-corrected chi connectivity index (χ3v) is 2.74. The highest BCUT2D eigenvalue weighted by molar-refractivity contribution is 5.75. The largest absolute Gasteiger partial charge is 0.481 e. The summed E-state index contributed by atoms with van der Waals surface area (Å²) in [7, 11) is 0. The number of carboxylic acids is 1. The first-order valence-electron chi connectivity index (χ1n) is 5.67. The molecule has 1 fully saturated rings. The van der Waals surface area contributed by atoms with Crippen molar-refractivity contribution in [2.75, 3.05) is 6.61 Å². The van der Waals surface area contributed by atoms with Crippen molar-refractivity contribution in [3.8, 4) is 0 Å². The van der Waals surface area contributed by atoms with Gasteiger partial charge in [0.1, 0.15) is 5.72 Å². The van der Waals surface area contributed by atoms with Crippen molar-refractivity contribution in [2.24, 2.45) is 0 Å². The molecule has 1 atom stereocenters. The molecular weight excluding hydrogens is 222 g/mol. The highest BCUT2D eigenvalue weighted by Gasteiger charge is 2.40. The fourth-order valence-electron chi connectivity index (χ4n) is 2.05. The minimum absolute atomic E-state index is 0.0413. The van der Waals surface area contributed by atoms with E-state index in [9.17, 15) is 9.59 Å². The molecule has 5 nitrogen and oxygen atoms in total. The number of carboxylic acid groups (broad SMARTS) is 1. The Bertz CT molecular complexity index is 335. The van der Waals surface area contributed by atoms with Gasteiger partial charge in [0.25, 0.3) is 0 Å². The SMILES string of the molecule is CC(=O)N1C(/C=C/CCC(=O)O)COC1(C)C. The Morgan fingerprint density at radius 2 is 2.18 bits per heavy atom. The Hall–Kier alpha value is -1.36. The summed E-state index contributed by atoms with van der Waals surface area (Å²) in [4.78, 5) is 23.5. The van der Waals surface area contributed by atoms with Crippen LogP contribution in [0.1, 0.15) is 33.6 Å². The molecule has 0 aromatic rings. The summed E-state index contributed by atoms with van der Waals surface area (Å²) < 4.78 is 5.54. The topological polar surface area (TPSA) is 66.8 Å². The molecule has 0 radical (unpaired) electrons. The quantitative estimate of drug-likeness (QED) is 0.755. The van der Waals surface area contributed by atoms with E-state index in [0.717, 1.165) is 0 Å². The number of amides is 1. The van der Waals surface area contributed by atoms with Crippen LogP contribution in [0.15, 0.2) is 12.2 Å². The number of carbonyl (C=O) groups is 2. The van der Waals surface area contributed by atoms with Crippen LogP contribution in [0.4, 0.5) is 0 Å². The average molecular weight is 241 g/mol. The zero-order valence-electron chi connectivity index (χ0n) is 10.5. The zero-order valence-corrected chi connectivity index (χ0v) is 10.5. The van der Waals surface area contributed by atoms with Crippen LogP contribution in [0.25, 0.3) is 0 Å². The molecule has 1 amide bonds. The van der Waals surface area contributed by atoms with Gasteiger partial charge in [0.15, 0.2) is 0 Å². The summed E-state index contributed by atoms with van der Waals surface area (Å²) in [5.74, 6) is -0.860. The van der Waals surface area contributed by atoms with Crippen molar-refractivity contribution in [1.82, 2.24) is 4.90 Å². The van der Waals surface area contributed by atoms with E-state index in [-0.39, 0.29) is 18.4 Å². The highest BCUT2D eigenvalue weighted by Crippen LogP contribution is 2.27. The standard InChI is InChI=1S/C12H19NO4/c1-9(14)13-10(8-17-12(13,2)3)6-4-5-7-11(15)16/h4,6,10H,5,7-8H2,1-3H3,(H,15,16)/b6-4+. The molecule has 1 unspecified atom stereocenters. The number of hydrogen-bond donors (Lipinski definition) is 1. The van der Waals surface area contributed by atoms with Gasteiger partial charge in [0.05, 0.1) is 12.6 Å². The number of rotatable bonds is 4. The summed E-state index contributed by atoms with van der Waals surface area (Å²) in [6.07, 6.45) is 4.21. The van der Waals surface area contributed by atoms with Crippen LogP contribution in [0.2, 0.25) is 0 Å². The predicted molar refractivity (Wildman–Crippen MR) is 62.3 cm³/mol. The van der Waals surface area contributed by atoms with E-state index in [1.165, 1.54) is 6.92 Å². The van der Waals surface area contributed by atoms with Crippen LogP contribution < -0.4 is 0 Å². The first-order chi connectivity index (χ1) is 7.84. The first kappa shape index (κ1) is 13.7. The minimum Gasteiger partial charge on any atom is -0.481 e. The lowest BCUT2D eigenvalue weighted by Gasteiger charge is -2.31. The Labute approximate surface area is 101 Å². The van der Waals surface area contributed by atoms with Gasteiger partial charge in [-0.05, 0) is 20.3 Å². The van der Waals surface area contributed by atoms with Gasteiger partial charge in [-0.25, -0.2) is 0 Å². The second-order valence-electron chi connectivity index (χ2n) is 4.57. The number of aliphatic carboxylic acids is 1. The van der Waals surface area contributed by atoms with Gasteiger partial charge in [0.2, 0.25) is 5.91 Å². The van der Waals surface area contributed by atoms with E-state index < -0.39 is 11.7 Å². The summed E-state index contributed by atoms with van der Waals surface area (Å²) in [6.45, 7) is 5.66. The van der Waals surface area contributed by atoms with E-state index >= 15 is 0 Å². The monoisotopic (exact) mass is 241 g/mol. The van der Waals surface area contributed by atoms with Crippen molar-refractivity contribution in [1.29, 1.82) is 0 Å². The average Bonchev–Trinajstić information content (AvgIpc) is 2.48. The van der Waals surface area contributed by atoms with Crippen molar-refractivity contribution >= 4 is 11.9 Å². The normalized spacial score (nSPS) is 23.2. The van der Waals surface area contributed by atoms with E-state index in [2.05, 4.69) is 0 Å². The van der Waals surface area contributed by atoms with Crippen molar-refractivity contribution in [2.45, 2.75) is 45.4 Å². The van der Waals surface area contributed by atoms with Gasteiger partial charge in [-0.2, -0.15) is 0 Å². The maximum Gasteiger partial charge on any atom is 0.303 e. The van der Waals surface area contributed by atoms with Crippen molar-refractivity contribution < 1.29 is 19.4 Å². The molecule has 0 spiro atoms. The molecule has 1 aliphatic heterocycles. The molecule has 96 valence electrons. The maximum absolute atomic E-state index is 11.5. The van der Waals surface area contributed by atoms with Crippen LogP contribution in [0.3, 0.4) is 0 Å². The fraction of sp³-hybridized carbons (Fsp3) is 0.667. The Kier molecular flexibility index (Phi) is 4.28. The van der Waals surface area contributed by atoms with Gasteiger partial charge in [-0.15, -0.1) is 0 Å². The third kappa shape index (κ3) is 3.56. The molecule has 0 bridgehead atoms. The van der Waals surface area contributed by atoms with Crippen LogP contribution in [-0.2, 0) is 14.3 Å². The van der Waals surface area contributed by atoms with Crippen LogP contribution >= 0.6 is 0 Å². The lowest BCUT2D eigenvalue weighted by atomic mass is 10.1. The Morgan fingerprint density at radius 3 is 2.71 bits per heavy atom. The van der Waals surface area contributed by atoms with Crippen LogP contribution in [-0.4, -0.2) is 40.3 Å². The molecule has 0 saturated carbocycles. The van der Waals surface area contributed by atoms with Gasteiger partial charge in [-0.3, -0.25) is 9.59 Å². The number of nitrogens with zero attached hydrogens (tertiary/aromatic N) is 1. The lowest BCUT2D eigenvalue weighted by molar-refractivity contribution is -0.143. The second kappa shape index (κ2) is 5.31. The summed E-state index contributed by atoms with van der Waals surface area (Å²) in [5.41, 5.74) is -0.590. The molecule has 0 aromatic carbocycles. The molecule has 1 aliphatic rings. The van der Waals surface area contributed by atoms with Gasteiger partial charge >= 0.3 is 5.97 Å². The smallest absolute Gasteiger partial charge is 0.303 e. The predicted octanol–water partition coefficient (Wildman–Crippen LogP) is 1.39. The molecule has 0 aromatic heterocycles. The summed E-state index contributed by atoms with van der Waals surface area (Å²) >= 11 is 0. The second-order valence-corrected chi connectivity index (χ2v) is 4.57. The van der Waals surface area contributed by atoms with E-state index in [1.807, 2.05) is 19.9 Å². The van der Waals surface area contributed by atoms with Crippen molar-refractivity contribution in [3.05, 3.63) is 12.2 Å². The van der Waals surface area contributed by atoms with Gasteiger partial charge < -0.3 is 14.7 Å². The molecule has 1 heterocycles. The Morgan fingerprint density at radius 1 is 1.53 bits per heavy atom.